The summed E-state index contributed by atoms with van der Waals surface area (Å²) in [4.78, 5) is 28.6. The summed E-state index contributed by atoms with van der Waals surface area (Å²) in [6.45, 7) is -0.233. The van der Waals surface area contributed by atoms with Crippen LogP contribution in [-0.4, -0.2) is 33.5 Å². The Morgan fingerprint density at radius 2 is 2.29 bits per heavy atom. The second-order valence-electron chi connectivity index (χ2n) is 2.34. The van der Waals surface area contributed by atoms with Gasteiger partial charge < -0.3 is 16.2 Å². The Balaban J connectivity index is 2.95. The first kappa shape index (κ1) is 10.1. The highest BCUT2D eigenvalue weighted by molar-refractivity contribution is 5.99. The summed E-state index contributed by atoms with van der Waals surface area (Å²) < 4.78 is 0. The van der Waals surface area contributed by atoms with Crippen molar-refractivity contribution < 1.29 is 14.7 Å². The zero-order valence-electron chi connectivity index (χ0n) is 7.10. The van der Waals surface area contributed by atoms with E-state index in [4.69, 9.17) is 10.8 Å². The maximum absolute atomic E-state index is 10.9. The molecule has 1 heterocycles. The van der Waals surface area contributed by atoms with Crippen LogP contribution in [0.3, 0.4) is 0 Å². The molecule has 0 aliphatic carbocycles. The number of amides is 1. The molecule has 0 fully saturated rings. The van der Waals surface area contributed by atoms with Crippen molar-refractivity contribution in [3.8, 4) is 0 Å². The van der Waals surface area contributed by atoms with Crippen molar-refractivity contribution in [1.82, 2.24) is 9.97 Å². The van der Waals surface area contributed by atoms with E-state index in [0.29, 0.717) is 0 Å². The molecule has 0 aromatic carbocycles. The highest BCUT2D eigenvalue weighted by Crippen LogP contribution is 2.08. The van der Waals surface area contributed by atoms with Gasteiger partial charge in [-0.05, 0) is 0 Å². The first-order chi connectivity index (χ1) is 6.65. The fourth-order valence-electron chi connectivity index (χ4n) is 0.769. The average molecular weight is 196 g/mol. The predicted molar refractivity (Wildman–Crippen MR) is 46.7 cm³/mol. The number of carboxylic acids is 1. The van der Waals surface area contributed by atoms with Crippen LogP contribution < -0.4 is 11.1 Å². The number of nitrogens with two attached hydrogens (primary N) is 1. The van der Waals surface area contributed by atoms with Crippen molar-refractivity contribution in [1.29, 1.82) is 0 Å². The summed E-state index contributed by atoms with van der Waals surface area (Å²) in [5, 5.41) is 10.9. The largest absolute Gasteiger partial charge is 0.477 e. The van der Waals surface area contributed by atoms with Crippen molar-refractivity contribution in [2.24, 2.45) is 5.73 Å². The molecule has 0 aliphatic rings. The van der Waals surface area contributed by atoms with E-state index >= 15 is 0 Å². The van der Waals surface area contributed by atoms with Crippen LogP contribution in [0.5, 0.6) is 0 Å². The van der Waals surface area contributed by atoms with Crippen LogP contribution in [0.4, 0.5) is 5.82 Å². The van der Waals surface area contributed by atoms with Gasteiger partial charge in [0.2, 0.25) is 5.91 Å². The van der Waals surface area contributed by atoms with Gasteiger partial charge in [-0.25, -0.2) is 14.8 Å². The van der Waals surface area contributed by atoms with E-state index in [-0.39, 0.29) is 17.9 Å². The molecule has 0 radical (unpaired) electrons. The number of hydrogen-bond donors (Lipinski definition) is 3. The van der Waals surface area contributed by atoms with Gasteiger partial charge in [0.05, 0.1) is 6.54 Å². The van der Waals surface area contributed by atoms with Gasteiger partial charge in [0.1, 0.15) is 11.9 Å². The van der Waals surface area contributed by atoms with Crippen molar-refractivity contribution >= 4 is 17.7 Å². The smallest absolute Gasteiger partial charge is 0.341 e. The van der Waals surface area contributed by atoms with Gasteiger partial charge in [-0.3, -0.25) is 4.79 Å². The Labute approximate surface area is 79.0 Å². The Bertz CT molecular complexity index is 366. The molecule has 1 rings (SSSR count). The second-order valence-corrected chi connectivity index (χ2v) is 2.34. The maximum Gasteiger partial charge on any atom is 0.341 e. The van der Waals surface area contributed by atoms with Gasteiger partial charge in [0.15, 0.2) is 5.82 Å². The lowest BCUT2D eigenvalue weighted by atomic mass is 10.3. The van der Waals surface area contributed by atoms with Gasteiger partial charge in [0.25, 0.3) is 0 Å². The Kier molecular flexibility index (Phi) is 3.08. The van der Waals surface area contributed by atoms with Crippen molar-refractivity contribution in [3.05, 3.63) is 18.1 Å². The summed E-state index contributed by atoms with van der Waals surface area (Å²) in [6.07, 6.45) is 2.24. The number of anilines is 1. The molecule has 0 saturated carbocycles. The number of carboxylic acid groups (broad SMARTS) is 1. The number of rotatable bonds is 3. The lowest BCUT2D eigenvalue weighted by molar-refractivity contribution is -0.114. The molecule has 0 aliphatic heterocycles. The van der Waals surface area contributed by atoms with Crippen molar-refractivity contribution in [3.63, 3.8) is 0 Å². The zero-order valence-corrected chi connectivity index (χ0v) is 7.10. The molecule has 14 heavy (non-hydrogen) atoms. The van der Waals surface area contributed by atoms with Crippen LogP contribution in [-0.2, 0) is 4.79 Å². The first-order valence-corrected chi connectivity index (χ1v) is 3.68. The van der Waals surface area contributed by atoms with E-state index in [9.17, 15) is 9.59 Å². The molecule has 0 bridgehead atoms. The molecule has 7 heteroatoms. The number of aromatic carboxylic acids is 1. The number of aromatic nitrogens is 2. The van der Waals surface area contributed by atoms with Gasteiger partial charge in [0, 0.05) is 6.20 Å². The summed E-state index contributed by atoms with van der Waals surface area (Å²) in [5.41, 5.74) is 4.87. The van der Waals surface area contributed by atoms with Crippen LogP contribution in [0.2, 0.25) is 0 Å². The molecule has 1 amide bonds. The van der Waals surface area contributed by atoms with Crippen molar-refractivity contribution in [2.75, 3.05) is 11.9 Å². The SMILES string of the molecule is NCC(=O)Nc1ncncc1C(=O)O. The third-order valence-electron chi connectivity index (χ3n) is 1.39. The average Bonchev–Trinajstić information content (AvgIpc) is 2.18. The molecular weight excluding hydrogens is 188 g/mol. The molecule has 0 saturated heterocycles. The molecular formula is C7H8N4O3. The summed E-state index contributed by atoms with van der Waals surface area (Å²) >= 11 is 0. The number of carbonyl (C=O) groups excluding carboxylic acids is 1. The van der Waals surface area contributed by atoms with Gasteiger partial charge in [-0.1, -0.05) is 0 Å². The number of nitrogens with one attached hydrogen (secondary N) is 1. The zero-order chi connectivity index (χ0) is 10.6. The van der Waals surface area contributed by atoms with Crippen LogP contribution in [0, 0.1) is 0 Å². The first-order valence-electron chi connectivity index (χ1n) is 3.68. The maximum atomic E-state index is 10.9. The minimum Gasteiger partial charge on any atom is -0.477 e. The van der Waals surface area contributed by atoms with Crippen LogP contribution >= 0.6 is 0 Å². The van der Waals surface area contributed by atoms with Crippen LogP contribution in [0.15, 0.2) is 12.5 Å². The van der Waals surface area contributed by atoms with Gasteiger partial charge in [-0.2, -0.15) is 0 Å². The summed E-state index contributed by atoms with van der Waals surface area (Å²) in [5.74, 6) is -1.77. The molecule has 1 aromatic rings. The van der Waals surface area contributed by atoms with E-state index in [1.165, 1.54) is 0 Å². The minimum absolute atomic E-state index is 0.0528. The Morgan fingerprint density at radius 1 is 1.57 bits per heavy atom. The number of carbonyl (C=O) groups is 2. The fourth-order valence-corrected chi connectivity index (χ4v) is 0.769. The fraction of sp³-hybridized carbons (Fsp3) is 0.143. The summed E-state index contributed by atoms with van der Waals surface area (Å²) in [6, 6.07) is 0. The molecule has 0 spiro atoms. The molecule has 0 unspecified atom stereocenters. The van der Waals surface area contributed by atoms with E-state index in [0.717, 1.165) is 12.5 Å². The van der Waals surface area contributed by atoms with E-state index in [2.05, 4.69) is 15.3 Å². The number of hydrogen-bond acceptors (Lipinski definition) is 5. The third-order valence-corrected chi connectivity index (χ3v) is 1.39. The highest BCUT2D eigenvalue weighted by atomic mass is 16.4. The second kappa shape index (κ2) is 4.28. The minimum atomic E-state index is -1.21. The highest BCUT2D eigenvalue weighted by Gasteiger charge is 2.12. The Hall–Kier alpha value is -2.02. The lowest BCUT2D eigenvalue weighted by Crippen LogP contribution is -2.23. The molecule has 7 nitrogen and oxygen atoms in total. The van der Waals surface area contributed by atoms with Gasteiger partial charge >= 0.3 is 5.97 Å². The molecule has 4 N–H and O–H groups in total. The molecule has 1 aromatic heterocycles. The normalized spacial score (nSPS) is 9.50. The van der Waals surface area contributed by atoms with E-state index < -0.39 is 11.9 Å². The molecule has 74 valence electrons. The topological polar surface area (TPSA) is 118 Å². The monoisotopic (exact) mass is 196 g/mol. The Morgan fingerprint density at radius 3 is 2.86 bits per heavy atom. The van der Waals surface area contributed by atoms with E-state index in [1.807, 2.05) is 0 Å². The predicted octanol–water partition coefficient (Wildman–Crippen LogP) is -0.928. The summed E-state index contributed by atoms with van der Waals surface area (Å²) in [7, 11) is 0. The van der Waals surface area contributed by atoms with Crippen molar-refractivity contribution in [2.45, 2.75) is 0 Å². The van der Waals surface area contributed by atoms with E-state index in [1.54, 1.807) is 0 Å². The number of nitrogens with zero attached hydrogens (tertiary/aromatic N) is 2. The third kappa shape index (κ3) is 2.23. The van der Waals surface area contributed by atoms with Crippen LogP contribution in [0.25, 0.3) is 0 Å². The van der Waals surface area contributed by atoms with Crippen LogP contribution in [0.1, 0.15) is 10.4 Å². The van der Waals surface area contributed by atoms with Gasteiger partial charge in [-0.15, -0.1) is 0 Å². The quantitative estimate of drug-likeness (QED) is 0.574. The standard InChI is InChI=1S/C7H8N4O3/c8-1-5(12)11-6-4(7(13)14)2-9-3-10-6/h2-3H,1,8H2,(H,13,14)(H,9,10,11,12). The lowest BCUT2D eigenvalue weighted by Gasteiger charge is -2.04. The molecule has 0 atom stereocenters.